The molecule has 3 aromatic carbocycles. The van der Waals surface area contributed by atoms with Crippen LogP contribution in [-0.2, 0) is 4.79 Å². The second-order valence-electron chi connectivity index (χ2n) is 7.52. The Bertz CT molecular complexity index is 1020. The molecule has 29 heavy (non-hydrogen) atoms. The third-order valence-corrected chi connectivity index (χ3v) is 5.52. The van der Waals surface area contributed by atoms with E-state index in [4.69, 9.17) is 4.74 Å². The topological polar surface area (TPSA) is 29.5 Å². The number of benzene rings is 3. The zero-order valence-corrected chi connectivity index (χ0v) is 17.0. The molecule has 1 fully saturated rings. The molecular formula is C26H25NO2. The lowest BCUT2D eigenvalue weighted by Gasteiger charge is -2.49. The van der Waals surface area contributed by atoms with Gasteiger partial charge < -0.3 is 9.64 Å². The summed E-state index contributed by atoms with van der Waals surface area (Å²) >= 11 is 0. The molecule has 3 heteroatoms. The average Bonchev–Trinajstić information content (AvgIpc) is 2.76. The molecule has 1 heterocycles. The van der Waals surface area contributed by atoms with Crippen molar-refractivity contribution in [2.24, 2.45) is 5.92 Å². The lowest BCUT2D eigenvalue weighted by Crippen LogP contribution is -2.55. The molecular weight excluding hydrogens is 358 g/mol. The van der Waals surface area contributed by atoms with Crippen LogP contribution in [0.4, 0.5) is 5.69 Å². The zero-order valence-electron chi connectivity index (χ0n) is 17.0. The number of allylic oxidation sites excluding steroid dienone is 1. The fourth-order valence-electron chi connectivity index (χ4n) is 4.19. The van der Waals surface area contributed by atoms with E-state index in [1.54, 1.807) is 7.11 Å². The molecule has 0 saturated carbocycles. The van der Waals surface area contributed by atoms with Gasteiger partial charge in [0.1, 0.15) is 5.75 Å². The van der Waals surface area contributed by atoms with E-state index in [0.717, 1.165) is 28.1 Å². The molecule has 1 amide bonds. The fourth-order valence-corrected chi connectivity index (χ4v) is 4.19. The first-order valence-electron chi connectivity index (χ1n) is 9.86. The van der Waals surface area contributed by atoms with Crippen LogP contribution < -0.4 is 9.64 Å². The maximum absolute atomic E-state index is 13.5. The fraction of sp³-hybridized carbons (Fsp3) is 0.192. The number of carbonyl (C=O) groups excluding carboxylic acids is 1. The maximum atomic E-state index is 13.5. The van der Waals surface area contributed by atoms with Crippen LogP contribution in [0, 0.1) is 5.92 Å². The van der Waals surface area contributed by atoms with Gasteiger partial charge in [-0.05, 0) is 54.8 Å². The van der Waals surface area contributed by atoms with E-state index in [-0.39, 0.29) is 17.9 Å². The van der Waals surface area contributed by atoms with Gasteiger partial charge in [0, 0.05) is 5.69 Å². The Balaban J connectivity index is 1.79. The predicted molar refractivity (Wildman–Crippen MR) is 118 cm³/mol. The zero-order chi connectivity index (χ0) is 20.4. The number of rotatable bonds is 5. The SMILES string of the molecule is COc1ccc(N2C(=O)[C@H](C(=C(C)C)c3ccccc3)[C@@H]2c2ccccc2)cc1. The van der Waals surface area contributed by atoms with E-state index in [2.05, 4.69) is 38.1 Å². The van der Waals surface area contributed by atoms with Crippen molar-refractivity contribution < 1.29 is 9.53 Å². The van der Waals surface area contributed by atoms with Crippen molar-refractivity contribution >= 4 is 17.2 Å². The van der Waals surface area contributed by atoms with Gasteiger partial charge in [0.15, 0.2) is 0 Å². The minimum atomic E-state index is -0.202. The summed E-state index contributed by atoms with van der Waals surface area (Å²) in [6.07, 6.45) is 0. The Labute approximate surface area is 172 Å². The lowest BCUT2D eigenvalue weighted by atomic mass is 9.73. The van der Waals surface area contributed by atoms with Gasteiger partial charge in [-0.3, -0.25) is 4.79 Å². The van der Waals surface area contributed by atoms with E-state index in [1.165, 1.54) is 5.57 Å². The van der Waals surface area contributed by atoms with E-state index < -0.39 is 0 Å². The Kier molecular flexibility index (Phi) is 5.22. The van der Waals surface area contributed by atoms with Crippen molar-refractivity contribution in [1.82, 2.24) is 0 Å². The normalized spacial score (nSPS) is 18.2. The van der Waals surface area contributed by atoms with Gasteiger partial charge in [-0.25, -0.2) is 0 Å². The van der Waals surface area contributed by atoms with E-state index >= 15 is 0 Å². The van der Waals surface area contributed by atoms with E-state index in [1.807, 2.05) is 65.6 Å². The second kappa shape index (κ2) is 7.96. The monoisotopic (exact) mass is 383 g/mol. The van der Waals surface area contributed by atoms with Crippen LogP contribution in [0.5, 0.6) is 5.75 Å². The van der Waals surface area contributed by atoms with Crippen molar-refractivity contribution in [2.75, 3.05) is 12.0 Å². The van der Waals surface area contributed by atoms with Crippen LogP contribution in [0.1, 0.15) is 31.0 Å². The van der Waals surface area contributed by atoms with Crippen LogP contribution >= 0.6 is 0 Å². The summed E-state index contributed by atoms with van der Waals surface area (Å²) < 4.78 is 5.28. The van der Waals surface area contributed by atoms with Gasteiger partial charge in [0.25, 0.3) is 0 Å². The largest absolute Gasteiger partial charge is 0.497 e. The molecule has 4 rings (SSSR count). The summed E-state index contributed by atoms with van der Waals surface area (Å²) in [4.78, 5) is 15.4. The summed E-state index contributed by atoms with van der Waals surface area (Å²) in [6.45, 7) is 4.18. The van der Waals surface area contributed by atoms with Gasteiger partial charge in [0.05, 0.1) is 19.1 Å². The Morgan fingerprint density at radius 3 is 1.97 bits per heavy atom. The summed E-state index contributed by atoms with van der Waals surface area (Å²) in [7, 11) is 1.65. The highest BCUT2D eigenvalue weighted by Crippen LogP contribution is 2.50. The number of anilines is 1. The first-order valence-corrected chi connectivity index (χ1v) is 9.86. The van der Waals surface area contributed by atoms with Crippen molar-refractivity contribution in [1.29, 1.82) is 0 Å². The second-order valence-corrected chi connectivity index (χ2v) is 7.52. The number of carbonyl (C=O) groups is 1. The van der Waals surface area contributed by atoms with E-state index in [0.29, 0.717) is 0 Å². The van der Waals surface area contributed by atoms with Gasteiger partial charge in [-0.15, -0.1) is 0 Å². The van der Waals surface area contributed by atoms with E-state index in [9.17, 15) is 4.79 Å². The van der Waals surface area contributed by atoms with Crippen LogP contribution in [0.25, 0.3) is 5.57 Å². The van der Waals surface area contributed by atoms with Gasteiger partial charge in [-0.2, -0.15) is 0 Å². The molecule has 3 aromatic rings. The highest BCUT2D eigenvalue weighted by Gasteiger charge is 2.50. The third kappa shape index (κ3) is 3.44. The minimum Gasteiger partial charge on any atom is -0.497 e. The lowest BCUT2D eigenvalue weighted by molar-refractivity contribution is -0.127. The Morgan fingerprint density at radius 1 is 0.828 bits per heavy atom. The molecule has 0 spiro atoms. The molecule has 0 aromatic heterocycles. The van der Waals surface area contributed by atoms with Crippen molar-refractivity contribution in [2.45, 2.75) is 19.9 Å². The smallest absolute Gasteiger partial charge is 0.237 e. The van der Waals surface area contributed by atoms with Gasteiger partial charge in [-0.1, -0.05) is 66.2 Å². The predicted octanol–water partition coefficient (Wildman–Crippen LogP) is 5.89. The third-order valence-electron chi connectivity index (χ3n) is 5.52. The number of amides is 1. The number of hydrogen-bond acceptors (Lipinski definition) is 2. The standard InChI is InChI=1S/C26H25NO2/c1-18(2)23(19-10-6-4-7-11-19)24-25(20-12-8-5-9-13-20)27(26(24)28)21-14-16-22(29-3)17-15-21/h4-17,24-25H,1-3H3/t24-,25+/m1/s1. The molecule has 0 unspecified atom stereocenters. The molecule has 0 aliphatic carbocycles. The summed E-state index contributed by atoms with van der Waals surface area (Å²) in [6, 6.07) is 28.2. The van der Waals surface area contributed by atoms with Crippen molar-refractivity contribution in [3.05, 3.63) is 102 Å². The van der Waals surface area contributed by atoms with Crippen molar-refractivity contribution in [3.8, 4) is 5.75 Å². The van der Waals surface area contributed by atoms with Crippen LogP contribution in [-0.4, -0.2) is 13.0 Å². The number of hydrogen-bond donors (Lipinski definition) is 0. The molecule has 0 bridgehead atoms. The van der Waals surface area contributed by atoms with Gasteiger partial charge in [0.2, 0.25) is 5.91 Å². The van der Waals surface area contributed by atoms with Crippen LogP contribution in [0.15, 0.2) is 90.5 Å². The molecule has 1 saturated heterocycles. The first-order chi connectivity index (χ1) is 14.1. The quantitative estimate of drug-likeness (QED) is 0.514. The average molecular weight is 383 g/mol. The Hall–Kier alpha value is -3.33. The number of nitrogens with zero attached hydrogens (tertiary/aromatic N) is 1. The van der Waals surface area contributed by atoms with Gasteiger partial charge >= 0.3 is 0 Å². The molecule has 1 aliphatic heterocycles. The Morgan fingerprint density at radius 2 is 1.41 bits per heavy atom. The highest BCUT2D eigenvalue weighted by atomic mass is 16.5. The molecule has 0 radical (unpaired) electrons. The number of methoxy groups -OCH3 is 1. The first kappa shape index (κ1) is 19.0. The minimum absolute atomic E-state index is 0.0396. The number of β-lactam (4-membered cyclic amide) rings is 1. The highest BCUT2D eigenvalue weighted by molar-refractivity contribution is 6.10. The molecule has 2 atom stereocenters. The molecule has 146 valence electrons. The summed E-state index contributed by atoms with van der Waals surface area (Å²) in [5.74, 6) is 0.708. The van der Waals surface area contributed by atoms with Crippen LogP contribution in [0.3, 0.4) is 0 Å². The maximum Gasteiger partial charge on any atom is 0.237 e. The summed E-state index contributed by atoms with van der Waals surface area (Å²) in [5.41, 5.74) is 5.44. The van der Waals surface area contributed by atoms with Crippen LogP contribution in [0.2, 0.25) is 0 Å². The summed E-state index contributed by atoms with van der Waals surface area (Å²) in [5, 5.41) is 0. The van der Waals surface area contributed by atoms with Crippen molar-refractivity contribution in [3.63, 3.8) is 0 Å². The number of ether oxygens (including phenoxy) is 1. The molecule has 3 nitrogen and oxygen atoms in total. The molecule has 1 aliphatic rings. The molecule has 0 N–H and O–H groups in total.